The number of nitrogen functional groups attached to an aromatic ring is 1. The van der Waals surface area contributed by atoms with Crippen LogP contribution in [-0.4, -0.2) is 35.4 Å². The van der Waals surface area contributed by atoms with Gasteiger partial charge in [-0.2, -0.15) is 11.8 Å². The zero-order valence-electron chi connectivity index (χ0n) is 10.1. The number of amides is 1. The summed E-state index contributed by atoms with van der Waals surface area (Å²) in [5.41, 5.74) is 8.18. The van der Waals surface area contributed by atoms with E-state index in [1.165, 1.54) is 0 Å². The van der Waals surface area contributed by atoms with Crippen molar-refractivity contribution in [1.82, 2.24) is 4.90 Å². The van der Waals surface area contributed by atoms with Crippen LogP contribution in [0.15, 0.2) is 18.2 Å². The fourth-order valence-electron chi connectivity index (χ4n) is 2.00. The van der Waals surface area contributed by atoms with Crippen molar-refractivity contribution in [2.75, 3.05) is 30.3 Å². The second kappa shape index (κ2) is 5.45. The van der Waals surface area contributed by atoms with Crippen molar-refractivity contribution in [3.63, 3.8) is 0 Å². The minimum Gasteiger partial charge on any atom is -0.398 e. The second-order valence-electron chi connectivity index (χ2n) is 4.28. The molecule has 17 heavy (non-hydrogen) atoms. The summed E-state index contributed by atoms with van der Waals surface area (Å²) in [6, 6.07) is 5.55. The Balaban J connectivity index is 2.20. The molecule has 0 spiro atoms. The van der Waals surface area contributed by atoms with Crippen LogP contribution in [0.5, 0.6) is 0 Å². The summed E-state index contributed by atoms with van der Waals surface area (Å²) in [5.74, 6) is 2.31. The lowest BCUT2D eigenvalue weighted by Crippen LogP contribution is -2.33. The van der Waals surface area contributed by atoms with Gasteiger partial charge in [0, 0.05) is 30.1 Å². The Bertz CT molecular complexity index is 412. The van der Waals surface area contributed by atoms with Gasteiger partial charge in [0.15, 0.2) is 0 Å². The van der Waals surface area contributed by atoms with Crippen molar-refractivity contribution in [2.45, 2.75) is 13.3 Å². The third-order valence-electron chi connectivity index (χ3n) is 3.12. The van der Waals surface area contributed by atoms with Crippen molar-refractivity contribution in [3.05, 3.63) is 29.3 Å². The summed E-state index contributed by atoms with van der Waals surface area (Å²) in [6.07, 6.45) is 1.08. The predicted molar refractivity (Wildman–Crippen MR) is 73.4 cm³/mol. The van der Waals surface area contributed by atoms with Gasteiger partial charge in [-0.25, -0.2) is 0 Å². The van der Waals surface area contributed by atoms with Gasteiger partial charge in [0.25, 0.3) is 5.91 Å². The first-order valence-electron chi connectivity index (χ1n) is 5.92. The number of nitrogens with zero attached hydrogens (tertiary/aromatic N) is 1. The van der Waals surface area contributed by atoms with Gasteiger partial charge >= 0.3 is 0 Å². The van der Waals surface area contributed by atoms with Crippen LogP contribution < -0.4 is 5.73 Å². The molecule has 0 radical (unpaired) electrons. The molecule has 0 saturated carbocycles. The van der Waals surface area contributed by atoms with Gasteiger partial charge in [0.05, 0.1) is 0 Å². The number of carbonyl (C=O) groups is 1. The monoisotopic (exact) mass is 250 g/mol. The molecule has 4 heteroatoms. The number of carbonyl (C=O) groups excluding carboxylic acids is 1. The SMILES string of the molecule is Cc1c(N)cccc1C(=O)N1CCCSCC1. The maximum atomic E-state index is 12.4. The van der Waals surface area contributed by atoms with Gasteiger partial charge < -0.3 is 10.6 Å². The van der Waals surface area contributed by atoms with E-state index < -0.39 is 0 Å². The molecule has 1 saturated heterocycles. The number of anilines is 1. The summed E-state index contributed by atoms with van der Waals surface area (Å²) in [7, 11) is 0. The molecule has 0 bridgehead atoms. The number of benzene rings is 1. The molecule has 0 aromatic heterocycles. The molecule has 1 fully saturated rings. The minimum absolute atomic E-state index is 0.123. The molecule has 0 aliphatic carbocycles. The first kappa shape index (κ1) is 12.3. The standard InChI is InChI=1S/C13H18N2OS/c1-10-11(4-2-5-12(10)14)13(16)15-6-3-8-17-9-7-15/h2,4-5H,3,6-9,14H2,1H3. The maximum Gasteiger partial charge on any atom is 0.254 e. The molecule has 1 aliphatic rings. The van der Waals surface area contributed by atoms with Crippen LogP contribution in [0.1, 0.15) is 22.3 Å². The molecular formula is C13H18N2OS. The van der Waals surface area contributed by atoms with E-state index in [4.69, 9.17) is 5.73 Å². The number of rotatable bonds is 1. The Morgan fingerprint density at radius 3 is 3.00 bits per heavy atom. The first-order chi connectivity index (χ1) is 8.20. The molecule has 92 valence electrons. The summed E-state index contributed by atoms with van der Waals surface area (Å²) in [4.78, 5) is 14.3. The highest BCUT2D eigenvalue weighted by atomic mass is 32.2. The zero-order chi connectivity index (χ0) is 12.3. The van der Waals surface area contributed by atoms with Crippen LogP contribution >= 0.6 is 11.8 Å². The number of hydrogen-bond acceptors (Lipinski definition) is 3. The Morgan fingerprint density at radius 1 is 1.35 bits per heavy atom. The van der Waals surface area contributed by atoms with E-state index in [-0.39, 0.29) is 5.91 Å². The zero-order valence-corrected chi connectivity index (χ0v) is 10.9. The smallest absolute Gasteiger partial charge is 0.254 e. The van der Waals surface area contributed by atoms with Gasteiger partial charge in [-0.15, -0.1) is 0 Å². The van der Waals surface area contributed by atoms with Gasteiger partial charge in [0.1, 0.15) is 0 Å². The average Bonchev–Trinajstić information content (AvgIpc) is 2.60. The molecule has 1 aliphatic heterocycles. The van der Waals surface area contributed by atoms with Gasteiger partial charge in [0.2, 0.25) is 0 Å². The summed E-state index contributed by atoms with van der Waals surface area (Å²) < 4.78 is 0. The number of nitrogens with two attached hydrogens (primary N) is 1. The van der Waals surface area contributed by atoms with Crippen LogP contribution in [0.2, 0.25) is 0 Å². The first-order valence-corrected chi connectivity index (χ1v) is 7.07. The van der Waals surface area contributed by atoms with Crippen LogP contribution in [0, 0.1) is 6.92 Å². The van der Waals surface area contributed by atoms with Crippen LogP contribution in [-0.2, 0) is 0 Å². The summed E-state index contributed by atoms with van der Waals surface area (Å²) in [6.45, 7) is 3.62. The lowest BCUT2D eigenvalue weighted by Gasteiger charge is -2.21. The Kier molecular flexibility index (Phi) is 3.94. The highest BCUT2D eigenvalue weighted by molar-refractivity contribution is 7.99. The van der Waals surface area contributed by atoms with E-state index in [2.05, 4.69) is 0 Å². The van der Waals surface area contributed by atoms with Crippen LogP contribution in [0.3, 0.4) is 0 Å². The van der Waals surface area contributed by atoms with E-state index in [9.17, 15) is 4.79 Å². The quantitative estimate of drug-likeness (QED) is 0.777. The van der Waals surface area contributed by atoms with Crippen molar-refractivity contribution in [3.8, 4) is 0 Å². The van der Waals surface area contributed by atoms with E-state index in [1.54, 1.807) is 0 Å². The highest BCUT2D eigenvalue weighted by Gasteiger charge is 2.19. The third kappa shape index (κ3) is 2.75. The van der Waals surface area contributed by atoms with Crippen LogP contribution in [0.25, 0.3) is 0 Å². The van der Waals surface area contributed by atoms with Crippen molar-refractivity contribution >= 4 is 23.4 Å². The van der Waals surface area contributed by atoms with Crippen LogP contribution in [0.4, 0.5) is 5.69 Å². The topological polar surface area (TPSA) is 46.3 Å². The molecular weight excluding hydrogens is 232 g/mol. The van der Waals surface area contributed by atoms with Crippen molar-refractivity contribution in [1.29, 1.82) is 0 Å². The van der Waals surface area contributed by atoms with Gasteiger partial charge in [-0.3, -0.25) is 4.79 Å². The van der Waals surface area contributed by atoms with E-state index in [1.807, 2.05) is 41.8 Å². The molecule has 2 rings (SSSR count). The molecule has 1 aromatic carbocycles. The normalized spacial score (nSPS) is 16.6. The Hall–Kier alpha value is -1.16. The molecule has 3 nitrogen and oxygen atoms in total. The molecule has 2 N–H and O–H groups in total. The second-order valence-corrected chi connectivity index (χ2v) is 5.50. The van der Waals surface area contributed by atoms with Gasteiger partial charge in [-0.1, -0.05) is 6.07 Å². The van der Waals surface area contributed by atoms with Crippen molar-refractivity contribution < 1.29 is 4.79 Å². The predicted octanol–water partition coefficient (Wildman–Crippen LogP) is 2.16. The average molecular weight is 250 g/mol. The third-order valence-corrected chi connectivity index (χ3v) is 4.16. The maximum absolute atomic E-state index is 12.4. The largest absolute Gasteiger partial charge is 0.398 e. The minimum atomic E-state index is 0.123. The summed E-state index contributed by atoms with van der Waals surface area (Å²) in [5, 5.41) is 0. The number of thioether (sulfide) groups is 1. The summed E-state index contributed by atoms with van der Waals surface area (Å²) >= 11 is 1.92. The van der Waals surface area contributed by atoms with E-state index in [0.717, 1.165) is 42.1 Å². The molecule has 1 heterocycles. The Labute approximate surface area is 106 Å². The van der Waals surface area contributed by atoms with E-state index in [0.29, 0.717) is 5.69 Å². The Morgan fingerprint density at radius 2 is 2.18 bits per heavy atom. The lowest BCUT2D eigenvalue weighted by molar-refractivity contribution is 0.0768. The molecule has 0 atom stereocenters. The molecule has 1 amide bonds. The van der Waals surface area contributed by atoms with Gasteiger partial charge in [-0.05, 0) is 36.8 Å². The van der Waals surface area contributed by atoms with E-state index >= 15 is 0 Å². The fourth-order valence-corrected chi connectivity index (χ4v) is 2.89. The fraction of sp³-hybridized carbons (Fsp3) is 0.462. The lowest BCUT2D eigenvalue weighted by atomic mass is 10.1. The van der Waals surface area contributed by atoms with Crippen molar-refractivity contribution in [2.24, 2.45) is 0 Å². The molecule has 1 aromatic rings. The molecule has 0 unspecified atom stereocenters. The number of hydrogen-bond donors (Lipinski definition) is 1. The highest BCUT2D eigenvalue weighted by Crippen LogP contribution is 2.19.